The van der Waals surface area contributed by atoms with Gasteiger partial charge in [0.05, 0.1) is 6.42 Å². The third-order valence-corrected chi connectivity index (χ3v) is 2.89. The SMILES string of the molecule is CCN(C(=O)C/C(N)=N/O)C1CCCC1. The lowest BCUT2D eigenvalue weighted by molar-refractivity contribution is -0.131. The molecule has 86 valence electrons. The maximum atomic E-state index is 11.8. The van der Waals surface area contributed by atoms with E-state index in [0.717, 1.165) is 12.8 Å². The smallest absolute Gasteiger partial charge is 0.230 e. The topological polar surface area (TPSA) is 78.9 Å². The molecule has 0 aliphatic heterocycles. The number of carbonyl (C=O) groups excluding carboxylic acids is 1. The van der Waals surface area contributed by atoms with E-state index < -0.39 is 0 Å². The molecule has 0 atom stereocenters. The molecule has 1 saturated carbocycles. The number of rotatable bonds is 4. The van der Waals surface area contributed by atoms with E-state index in [-0.39, 0.29) is 18.2 Å². The molecule has 3 N–H and O–H groups in total. The molecule has 1 amide bonds. The minimum atomic E-state index is -0.0419. The van der Waals surface area contributed by atoms with Crippen LogP contribution in [0.4, 0.5) is 0 Å². The molecule has 1 aliphatic rings. The highest BCUT2D eigenvalue weighted by Gasteiger charge is 2.25. The van der Waals surface area contributed by atoms with Crippen LogP contribution in [0.1, 0.15) is 39.0 Å². The third kappa shape index (κ3) is 3.11. The Hall–Kier alpha value is -1.26. The van der Waals surface area contributed by atoms with Crippen LogP contribution in [0, 0.1) is 0 Å². The van der Waals surface area contributed by atoms with E-state index in [1.807, 2.05) is 11.8 Å². The Morgan fingerprint density at radius 3 is 2.60 bits per heavy atom. The summed E-state index contributed by atoms with van der Waals surface area (Å²) >= 11 is 0. The van der Waals surface area contributed by atoms with Crippen LogP contribution in [0.2, 0.25) is 0 Å². The van der Waals surface area contributed by atoms with Crippen molar-refractivity contribution in [2.45, 2.75) is 45.1 Å². The normalized spacial score (nSPS) is 18.1. The van der Waals surface area contributed by atoms with Crippen LogP contribution >= 0.6 is 0 Å². The Labute approximate surface area is 89.9 Å². The molecule has 0 aromatic carbocycles. The van der Waals surface area contributed by atoms with Gasteiger partial charge in [0, 0.05) is 12.6 Å². The Kier molecular flexibility index (Phi) is 4.39. The molecule has 1 aliphatic carbocycles. The van der Waals surface area contributed by atoms with Crippen LogP contribution < -0.4 is 5.73 Å². The molecule has 0 heterocycles. The molecule has 0 aromatic heterocycles. The van der Waals surface area contributed by atoms with Gasteiger partial charge in [0.15, 0.2) is 0 Å². The molecule has 0 radical (unpaired) electrons. The second-order valence-electron chi connectivity index (χ2n) is 3.89. The van der Waals surface area contributed by atoms with E-state index in [2.05, 4.69) is 5.16 Å². The fraction of sp³-hybridized carbons (Fsp3) is 0.800. The summed E-state index contributed by atoms with van der Waals surface area (Å²) in [5, 5.41) is 11.2. The summed E-state index contributed by atoms with van der Waals surface area (Å²) in [6.07, 6.45) is 4.56. The number of hydrogen-bond acceptors (Lipinski definition) is 3. The molecule has 0 saturated heterocycles. The molecule has 0 unspecified atom stereocenters. The van der Waals surface area contributed by atoms with Crippen molar-refractivity contribution >= 4 is 11.7 Å². The summed E-state index contributed by atoms with van der Waals surface area (Å²) in [5.41, 5.74) is 5.32. The standard InChI is InChI=1S/C10H19N3O2/c1-2-13(8-5-3-4-6-8)10(14)7-9(11)12-15/h8,15H,2-7H2,1H3,(H2,11,12). The van der Waals surface area contributed by atoms with E-state index in [9.17, 15) is 4.79 Å². The fourth-order valence-corrected chi connectivity index (χ4v) is 2.15. The number of nitrogens with two attached hydrogens (primary N) is 1. The van der Waals surface area contributed by atoms with Gasteiger partial charge in [-0.25, -0.2) is 0 Å². The first-order chi connectivity index (χ1) is 7.19. The Morgan fingerprint density at radius 1 is 1.53 bits per heavy atom. The molecule has 5 nitrogen and oxygen atoms in total. The van der Waals surface area contributed by atoms with Gasteiger partial charge in [-0.15, -0.1) is 0 Å². The van der Waals surface area contributed by atoms with Crippen LogP contribution in [-0.4, -0.2) is 34.4 Å². The Balaban J connectivity index is 2.53. The van der Waals surface area contributed by atoms with Gasteiger partial charge < -0.3 is 15.8 Å². The quantitative estimate of drug-likeness (QED) is 0.315. The first-order valence-electron chi connectivity index (χ1n) is 5.45. The number of amides is 1. The van der Waals surface area contributed by atoms with Gasteiger partial charge in [-0.05, 0) is 19.8 Å². The number of hydrogen-bond donors (Lipinski definition) is 2. The van der Waals surface area contributed by atoms with Crippen LogP contribution in [0.25, 0.3) is 0 Å². The second kappa shape index (κ2) is 5.58. The predicted octanol–water partition coefficient (Wildman–Crippen LogP) is 0.914. The zero-order chi connectivity index (χ0) is 11.3. The lowest BCUT2D eigenvalue weighted by Gasteiger charge is -2.27. The highest BCUT2D eigenvalue weighted by molar-refractivity contribution is 5.98. The number of nitrogens with zero attached hydrogens (tertiary/aromatic N) is 2. The largest absolute Gasteiger partial charge is 0.409 e. The minimum Gasteiger partial charge on any atom is -0.409 e. The minimum absolute atomic E-state index is 0.0147. The number of amidine groups is 1. The van der Waals surface area contributed by atoms with E-state index in [1.165, 1.54) is 12.8 Å². The fourth-order valence-electron chi connectivity index (χ4n) is 2.15. The Morgan fingerprint density at radius 2 is 2.13 bits per heavy atom. The van der Waals surface area contributed by atoms with Crippen LogP contribution in [0.15, 0.2) is 5.16 Å². The average molecular weight is 213 g/mol. The molecular formula is C10H19N3O2. The van der Waals surface area contributed by atoms with Crippen molar-refractivity contribution in [3.63, 3.8) is 0 Å². The maximum Gasteiger partial charge on any atom is 0.230 e. The van der Waals surface area contributed by atoms with Crippen molar-refractivity contribution in [1.29, 1.82) is 0 Å². The van der Waals surface area contributed by atoms with E-state index in [1.54, 1.807) is 0 Å². The first-order valence-corrected chi connectivity index (χ1v) is 5.45. The van der Waals surface area contributed by atoms with E-state index in [4.69, 9.17) is 10.9 Å². The summed E-state index contributed by atoms with van der Waals surface area (Å²) in [7, 11) is 0. The molecule has 1 rings (SSSR count). The lowest BCUT2D eigenvalue weighted by atomic mass is 10.2. The third-order valence-electron chi connectivity index (χ3n) is 2.89. The highest BCUT2D eigenvalue weighted by Crippen LogP contribution is 2.23. The summed E-state index contributed by atoms with van der Waals surface area (Å²) in [4.78, 5) is 13.6. The van der Waals surface area contributed by atoms with Crippen molar-refractivity contribution in [1.82, 2.24) is 4.90 Å². The van der Waals surface area contributed by atoms with Gasteiger partial charge >= 0.3 is 0 Å². The molecule has 0 aromatic rings. The molecule has 15 heavy (non-hydrogen) atoms. The van der Waals surface area contributed by atoms with Crippen LogP contribution in [0.3, 0.4) is 0 Å². The molecule has 0 bridgehead atoms. The average Bonchev–Trinajstić information content (AvgIpc) is 2.72. The van der Waals surface area contributed by atoms with E-state index >= 15 is 0 Å². The number of oxime groups is 1. The van der Waals surface area contributed by atoms with Crippen LogP contribution in [0.5, 0.6) is 0 Å². The number of carbonyl (C=O) groups is 1. The summed E-state index contributed by atoms with van der Waals surface area (Å²) < 4.78 is 0. The van der Waals surface area contributed by atoms with Crippen LogP contribution in [-0.2, 0) is 4.79 Å². The highest BCUT2D eigenvalue weighted by atomic mass is 16.4. The van der Waals surface area contributed by atoms with Gasteiger partial charge in [0.2, 0.25) is 5.91 Å². The van der Waals surface area contributed by atoms with Crippen molar-refractivity contribution < 1.29 is 10.0 Å². The first kappa shape index (κ1) is 11.8. The molecular weight excluding hydrogens is 194 g/mol. The Bertz CT molecular complexity index is 247. The van der Waals surface area contributed by atoms with Gasteiger partial charge in [-0.2, -0.15) is 0 Å². The maximum absolute atomic E-state index is 11.8. The molecule has 1 fully saturated rings. The summed E-state index contributed by atoms with van der Waals surface area (Å²) in [6.45, 7) is 2.66. The molecule has 5 heteroatoms. The van der Waals surface area contributed by atoms with Crippen molar-refractivity contribution in [2.24, 2.45) is 10.9 Å². The van der Waals surface area contributed by atoms with Crippen molar-refractivity contribution in [3.8, 4) is 0 Å². The molecule has 0 spiro atoms. The zero-order valence-electron chi connectivity index (χ0n) is 9.15. The van der Waals surface area contributed by atoms with Gasteiger partial charge in [0.25, 0.3) is 0 Å². The van der Waals surface area contributed by atoms with Gasteiger partial charge in [0.1, 0.15) is 5.84 Å². The van der Waals surface area contributed by atoms with Gasteiger partial charge in [-0.3, -0.25) is 4.79 Å². The zero-order valence-corrected chi connectivity index (χ0v) is 9.15. The lowest BCUT2D eigenvalue weighted by Crippen LogP contribution is -2.40. The summed E-state index contributed by atoms with van der Waals surface area (Å²) in [6, 6.07) is 0.356. The van der Waals surface area contributed by atoms with Crippen molar-refractivity contribution in [3.05, 3.63) is 0 Å². The van der Waals surface area contributed by atoms with Gasteiger partial charge in [-0.1, -0.05) is 18.0 Å². The van der Waals surface area contributed by atoms with E-state index in [0.29, 0.717) is 12.6 Å². The second-order valence-corrected chi connectivity index (χ2v) is 3.89. The summed E-state index contributed by atoms with van der Waals surface area (Å²) in [5.74, 6) is -0.0591. The van der Waals surface area contributed by atoms with Crippen molar-refractivity contribution in [2.75, 3.05) is 6.54 Å². The predicted molar refractivity (Wildman–Crippen MR) is 57.7 cm³/mol. The monoisotopic (exact) mass is 213 g/mol.